The number of hydrogen-bond donors (Lipinski definition) is 0. The number of rotatable bonds is 0. The molecule has 0 aromatic rings. The van der Waals surface area contributed by atoms with Gasteiger partial charge in [-0.25, -0.2) is 0 Å². The Kier molecular flexibility index (Phi) is 2.51. The summed E-state index contributed by atoms with van der Waals surface area (Å²) in [5.74, 6) is 1.74. The molecule has 0 aliphatic carbocycles. The molecule has 0 N–H and O–H groups in total. The summed E-state index contributed by atoms with van der Waals surface area (Å²) in [6.45, 7) is 0. The van der Waals surface area contributed by atoms with E-state index in [0.29, 0.717) is 18.4 Å². The van der Waals surface area contributed by atoms with Crippen molar-refractivity contribution < 1.29 is 8.78 Å². The molecule has 52 valence electrons. The Labute approximate surface area is 57.3 Å². The van der Waals surface area contributed by atoms with Crippen LogP contribution in [0.3, 0.4) is 0 Å². The normalized spacial score (nSPS) is 20.0. The SMILES string of the molecule is FC(F)=C1CCSCC1. The van der Waals surface area contributed by atoms with E-state index < -0.39 is 6.08 Å². The van der Waals surface area contributed by atoms with Crippen molar-refractivity contribution in [3.63, 3.8) is 0 Å². The Morgan fingerprint density at radius 1 is 1.22 bits per heavy atom. The highest BCUT2D eigenvalue weighted by atomic mass is 32.2. The maximum atomic E-state index is 11.8. The molecule has 0 amide bonds. The second kappa shape index (κ2) is 3.20. The zero-order valence-electron chi connectivity index (χ0n) is 4.99. The second-order valence-electron chi connectivity index (χ2n) is 1.98. The molecule has 0 saturated carbocycles. The van der Waals surface area contributed by atoms with Crippen molar-refractivity contribution in [3.8, 4) is 0 Å². The molecule has 0 radical (unpaired) electrons. The molecule has 1 aliphatic rings. The fourth-order valence-electron chi connectivity index (χ4n) is 0.807. The summed E-state index contributed by atoms with van der Waals surface area (Å²) in [5, 5.41) is 0. The summed E-state index contributed by atoms with van der Waals surface area (Å²) >= 11 is 1.75. The molecule has 3 heteroatoms. The topological polar surface area (TPSA) is 0 Å². The summed E-state index contributed by atoms with van der Waals surface area (Å²) < 4.78 is 23.6. The van der Waals surface area contributed by atoms with Gasteiger partial charge in [0.15, 0.2) is 0 Å². The molecular weight excluding hydrogens is 142 g/mol. The van der Waals surface area contributed by atoms with Gasteiger partial charge in [0.2, 0.25) is 0 Å². The van der Waals surface area contributed by atoms with Crippen LogP contribution in [0.5, 0.6) is 0 Å². The molecule has 1 heterocycles. The monoisotopic (exact) mass is 150 g/mol. The van der Waals surface area contributed by atoms with Crippen LogP contribution in [0.1, 0.15) is 12.8 Å². The summed E-state index contributed by atoms with van der Waals surface area (Å²) in [4.78, 5) is 0. The average Bonchev–Trinajstić information content (AvgIpc) is 1.90. The van der Waals surface area contributed by atoms with Crippen LogP contribution in [-0.4, -0.2) is 11.5 Å². The number of hydrogen-bond acceptors (Lipinski definition) is 1. The lowest BCUT2D eigenvalue weighted by atomic mass is 10.2. The van der Waals surface area contributed by atoms with Crippen LogP contribution in [0.25, 0.3) is 0 Å². The van der Waals surface area contributed by atoms with Crippen LogP contribution < -0.4 is 0 Å². The molecule has 0 aromatic carbocycles. The maximum absolute atomic E-state index is 11.8. The smallest absolute Gasteiger partial charge is 0.173 e. The first-order chi connectivity index (χ1) is 4.30. The summed E-state index contributed by atoms with van der Waals surface area (Å²) in [5.41, 5.74) is 0.369. The first-order valence-corrected chi connectivity index (χ1v) is 4.07. The van der Waals surface area contributed by atoms with Crippen LogP contribution in [0.15, 0.2) is 11.7 Å². The first kappa shape index (κ1) is 7.06. The molecule has 0 spiro atoms. The van der Waals surface area contributed by atoms with Gasteiger partial charge in [-0.05, 0) is 29.9 Å². The zero-order chi connectivity index (χ0) is 6.69. The van der Waals surface area contributed by atoms with E-state index in [1.54, 1.807) is 11.8 Å². The van der Waals surface area contributed by atoms with Crippen molar-refractivity contribution in [2.24, 2.45) is 0 Å². The minimum absolute atomic E-state index is 0.369. The van der Waals surface area contributed by atoms with Gasteiger partial charge in [-0.3, -0.25) is 0 Å². The minimum Gasteiger partial charge on any atom is -0.173 e. The molecule has 1 saturated heterocycles. The third kappa shape index (κ3) is 1.97. The quantitative estimate of drug-likeness (QED) is 0.511. The zero-order valence-corrected chi connectivity index (χ0v) is 5.81. The summed E-state index contributed by atoms with van der Waals surface area (Å²) in [7, 11) is 0. The standard InChI is InChI=1S/C6H8F2S/c7-6(8)5-1-3-9-4-2-5/h1-4H2. The van der Waals surface area contributed by atoms with Crippen LogP contribution in [-0.2, 0) is 0 Å². The molecular formula is C6H8F2S. The highest BCUT2D eigenvalue weighted by Crippen LogP contribution is 2.25. The van der Waals surface area contributed by atoms with Crippen molar-refractivity contribution in [1.29, 1.82) is 0 Å². The van der Waals surface area contributed by atoms with Crippen molar-refractivity contribution in [2.75, 3.05) is 11.5 Å². The van der Waals surface area contributed by atoms with Crippen LogP contribution in [0.4, 0.5) is 8.78 Å². The predicted molar refractivity (Wildman–Crippen MR) is 35.8 cm³/mol. The van der Waals surface area contributed by atoms with Gasteiger partial charge in [0.05, 0.1) is 0 Å². The lowest BCUT2D eigenvalue weighted by molar-refractivity contribution is 0.405. The van der Waals surface area contributed by atoms with Crippen molar-refractivity contribution in [3.05, 3.63) is 11.7 Å². The third-order valence-electron chi connectivity index (χ3n) is 1.36. The van der Waals surface area contributed by atoms with Gasteiger partial charge >= 0.3 is 0 Å². The molecule has 0 atom stereocenters. The molecule has 0 nitrogen and oxygen atoms in total. The van der Waals surface area contributed by atoms with E-state index in [-0.39, 0.29) is 0 Å². The van der Waals surface area contributed by atoms with Gasteiger partial charge in [0.25, 0.3) is 6.08 Å². The highest BCUT2D eigenvalue weighted by Gasteiger charge is 2.10. The predicted octanol–water partition coefficient (Wildman–Crippen LogP) is 2.66. The molecule has 1 fully saturated rings. The largest absolute Gasteiger partial charge is 0.269 e. The fraction of sp³-hybridized carbons (Fsp3) is 0.667. The molecule has 9 heavy (non-hydrogen) atoms. The molecule has 1 rings (SSSR count). The van der Waals surface area contributed by atoms with E-state index in [1.807, 2.05) is 0 Å². The molecule has 0 unspecified atom stereocenters. The van der Waals surface area contributed by atoms with E-state index in [0.717, 1.165) is 11.5 Å². The second-order valence-corrected chi connectivity index (χ2v) is 3.20. The Bertz CT molecular complexity index is 119. The van der Waals surface area contributed by atoms with Gasteiger partial charge in [-0.15, -0.1) is 0 Å². The van der Waals surface area contributed by atoms with Gasteiger partial charge < -0.3 is 0 Å². The van der Waals surface area contributed by atoms with Crippen LogP contribution >= 0.6 is 11.8 Å². The van der Waals surface area contributed by atoms with E-state index >= 15 is 0 Å². The van der Waals surface area contributed by atoms with E-state index in [2.05, 4.69) is 0 Å². The summed E-state index contributed by atoms with van der Waals surface area (Å²) in [6, 6.07) is 0. The van der Waals surface area contributed by atoms with Crippen molar-refractivity contribution >= 4 is 11.8 Å². The van der Waals surface area contributed by atoms with Gasteiger partial charge in [0, 0.05) is 0 Å². The number of thioether (sulfide) groups is 1. The number of allylic oxidation sites excluding steroid dienone is 1. The van der Waals surface area contributed by atoms with Crippen molar-refractivity contribution in [2.45, 2.75) is 12.8 Å². The number of halogens is 2. The Morgan fingerprint density at radius 3 is 2.11 bits per heavy atom. The third-order valence-corrected chi connectivity index (χ3v) is 2.35. The van der Waals surface area contributed by atoms with Gasteiger partial charge in [0.1, 0.15) is 0 Å². The average molecular weight is 150 g/mol. The van der Waals surface area contributed by atoms with Gasteiger partial charge in [-0.1, -0.05) is 0 Å². The Balaban J connectivity index is 2.49. The maximum Gasteiger partial charge on any atom is 0.269 e. The molecule has 0 aromatic heterocycles. The lowest BCUT2D eigenvalue weighted by Crippen LogP contribution is -1.98. The summed E-state index contributed by atoms with van der Waals surface area (Å²) in [6.07, 6.45) is -0.268. The van der Waals surface area contributed by atoms with E-state index in [1.165, 1.54) is 0 Å². The Hall–Kier alpha value is -0.0500. The van der Waals surface area contributed by atoms with E-state index in [9.17, 15) is 8.78 Å². The minimum atomic E-state index is -1.45. The molecule has 0 bridgehead atoms. The molecule has 1 aliphatic heterocycles. The first-order valence-electron chi connectivity index (χ1n) is 2.91. The van der Waals surface area contributed by atoms with Crippen LogP contribution in [0.2, 0.25) is 0 Å². The fourth-order valence-corrected chi connectivity index (χ4v) is 1.79. The Morgan fingerprint density at radius 2 is 1.78 bits per heavy atom. The van der Waals surface area contributed by atoms with Gasteiger partial charge in [-0.2, -0.15) is 20.5 Å². The van der Waals surface area contributed by atoms with E-state index in [4.69, 9.17) is 0 Å². The highest BCUT2D eigenvalue weighted by molar-refractivity contribution is 7.99. The lowest BCUT2D eigenvalue weighted by Gasteiger charge is -2.10. The van der Waals surface area contributed by atoms with Crippen LogP contribution in [0, 0.1) is 0 Å². The van der Waals surface area contributed by atoms with Crippen molar-refractivity contribution in [1.82, 2.24) is 0 Å².